The van der Waals surface area contributed by atoms with Crippen LogP contribution in [0.3, 0.4) is 0 Å². The van der Waals surface area contributed by atoms with Gasteiger partial charge in [-0.15, -0.1) is 0 Å². The third-order valence-corrected chi connectivity index (χ3v) is 4.21. The molecular weight excluding hydrogens is 290 g/mol. The topological polar surface area (TPSA) is 63.5 Å². The molecule has 0 amide bonds. The number of hydrogen-bond acceptors (Lipinski definition) is 3. The van der Waals surface area contributed by atoms with Gasteiger partial charge in [0, 0.05) is 40.0 Å². The lowest BCUT2D eigenvalue weighted by atomic mass is 9.98. The van der Waals surface area contributed by atoms with Crippen molar-refractivity contribution >= 4 is 5.96 Å². The van der Waals surface area contributed by atoms with E-state index in [1.165, 1.54) is 37.7 Å². The monoisotopic (exact) mass is 321 g/mol. The maximum Gasteiger partial charge on any atom is 0.190 e. The van der Waals surface area contributed by atoms with Gasteiger partial charge in [0.05, 0.1) is 12.3 Å². The normalized spacial score (nSPS) is 16.5. The zero-order valence-electron chi connectivity index (χ0n) is 14.6. The van der Waals surface area contributed by atoms with Crippen molar-refractivity contribution in [3.8, 4) is 0 Å². The van der Waals surface area contributed by atoms with Crippen LogP contribution in [0.2, 0.25) is 0 Å². The number of nitrogens with one attached hydrogen (secondary N) is 2. The third-order valence-electron chi connectivity index (χ3n) is 4.21. The fourth-order valence-electron chi connectivity index (χ4n) is 2.91. The summed E-state index contributed by atoms with van der Waals surface area (Å²) in [4.78, 5) is 4.24. The average molecular weight is 321 g/mol. The Morgan fingerprint density at radius 2 is 2.09 bits per heavy atom. The summed E-state index contributed by atoms with van der Waals surface area (Å²) in [5.74, 6) is 0.853. The van der Waals surface area contributed by atoms with Crippen LogP contribution < -0.4 is 10.6 Å². The quantitative estimate of drug-likeness (QED) is 0.436. The average Bonchev–Trinajstić information content (AvgIpc) is 2.99. The summed E-state index contributed by atoms with van der Waals surface area (Å²) in [5, 5.41) is 10.8. The molecular formula is C17H31N5O. The van der Waals surface area contributed by atoms with Crippen molar-refractivity contribution in [3.05, 3.63) is 18.0 Å². The summed E-state index contributed by atoms with van der Waals surface area (Å²) in [7, 11) is 3.74. The minimum Gasteiger partial charge on any atom is -0.378 e. The molecule has 2 N–H and O–H groups in total. The zero-order valence-corrected chi connectivity index (χ0v) is 14.6. The molecule has 1 aliphatic rings. The molecule has 2 rings (SSSR count). The second-order valence-electron chi connectivity index (χ2n) is 6.18. The second-order valence-corrected chi connectivity index (χ2v) is 6.18. The molecule has 0 atom stereocenters. The van der Waals surface area contributed by atoms with Crippen LogP contribution >= 0.6 is 0 Å². The van der Waals surface area contributed by atoms with Gasteiger partial charge < -0.3 is 15.4 Å². The van der Waals surface area contributed by atoms with Gasteiger partial charge in [-0.05, 0) is 31.2 Å². The summed E-state index contributed by atoms with van der Waals surface area (Å²) < 4.78 is 7.76. The van der Waals surface area contributed by atoms with Crippen molar-refractivity contribution in [2.24, 2.45) is 12.0 Å². The van der Waals surface area contributed by atoms with Crippen LogP contribution in [0.4, 0.5) is 0 Å². The number of rotatable bonds is 8. The first kappa shape index (κ1) is 17.8. The first-order valence-corrected chi connectivity index (χ1v) is 8.81. The van der Waals surface area contributed by atoms with E-state index in [0.717, 1.165) is 38.5 Å². The van der Waals surface area contributed by atoms with Gasteiger partial charge >= 0.3 is 0 Å². The van der Waals surface area contributed by atoms with E-state index in [2.05, 4.69) is 20.7 Å². The van der Waals surface area contributed by atoms with Crippen molar-refractivity contribution in [3.63, 3.8) is 0 Å². The standard InChI is InChI=1S/C17H31N5O/c1-18-17(20-11-9-15-13-21-22(2)14-15)19-10-6-12-23-16-7-4-3-5-8-16/h13-14,16H,3-12H2,1-2H3,(H2,18,19,20). The summed E-state index contributed by atoms with van der Waals surface area (Å²) >= 11 is 0. The maximum atomic E-state index is 5.93. The lowest BCUT2D eigenvalue weighted by molar-refractivity contribution is 0.0277. The lowest BCUT2D eigenvalue weighted by Crippen LogP contribution is -2.39. The highest BCUT2D eigenvalue weighted by Gasteiger charge is 2.12. The molecule has 1 heterocycles. The van der Waals surface area contributed by atoms with E-state index in [-0.39, 0.29) is 0 Å². The van der Waals surface area contributed by atoms with Gasteiger partial charge in [0.15, 0.2) is 5.96 Å². The number of guanidine groups is 1. The highest BCUT2D eigenvalue weighted by Crippen LogP contribution is 2.20. The Morgan fingerprint density at radius 3 is 2.78 bits per heavy atom. The molecule has 0 radical (unpaired) electrons. The third kappa shape index (κ3) is 7.03. The Bertz CT molecular complexity index is 465. The van der Waals surface area contributed by atoms with Crippen molar-refractivity contribution in [2.45, 2.75) is 51.0 Å². The Balaban J connectivity index is 1.50. The molecule has 6 nitrogen and oxygen atoms in total. The highest BCUT2D eigenvalue weighted by molar-refractivity contribution is 5.79. The van der Waals surface area contributed by atoms with E-state index < -0.39 is 0 Å². The SMILES string of the molecule is CN=C(NCCCOC1CCCCC1)NCCc1cnn(C)c1. The summed E-state index contributed by atoms with van der Waals surface area (Å²) in [6, 6.07) is 0. The molecule has 130 valence electrons. The van der Waals surface area contributed by atoms with Gasteiger partial charge in [0.25, 0.3) is 0 Å². The van der Waals surface area contributed by atoms with Gasteiger partial charge in [-0.3, -0.25) is 9.67 Å². The summed E-state index contributed by atoms with van der Waals surface area (Å²) in [6.45, 7) is 2.58. The van der Waals surface area contributed by atoms with E-state index in [0.29, 0.717) is 6.10 Å². The largest absolute Gasteiger partial charge is 0.378 e. The van der Waals surface area contributed by atoms with Crippen LogP contribution in [0.25, 0.3) is 0 Å². The van der Waals surface area contributed by atoms with Crippen molar-refractivity contribution in [2.75, 3.05) is 26.7 Å². The Labute approximate surface area is 139 Å². The molecule has 1 aliphatic carbocycles. The number of nitrogens with zero attached hydrogens (tertiary/aromatic N) is 3. The number of aryl methyl sites for hydroxylation is 1. The molecule has 1 saturated carbocycles. The first-order valence-electron chi connectivity index (χ1n) is 8.81. The number of aliphatic imine (C=N–C) groups is 1. The Kier molecular flexibility index (Phi) is 7.93. The number of hydrogen-bond donors (Lipinski definition) is 2. The predicted octanol–water partition coefficient (Wildman–Crippen LogP) is 1.87. The zero-order chi connectivity index (χ0) is 16.3. The molecule has 6 heteroatoms. The molecule has 23 heavy (non-hydrogen) atoms. The first-order chi connectivity index (χ1) is 11.3. The molecule has 0 aliphatic heterocycles. The van der Waals surface area contributed by atoms with Gasteiger partial charge in [0.2, 0.25) is 0 Å². The van der Waals surface area contributed by atoms with Crippen LogP contribution in [-0.2, 0) is 18.2 Å². The van der Waals surface area contributed by atoms with Crippen molar-refractivity contribution < 1.29 is 4.74 Å². The van der Waals surface area contributed by atoms with Crippen molar-refractivity contribution in [1.82, 2.24) is 20.4 Å². The summed E-state index contributed by atoms with van der Waals surface area (Å²) in [6.07, 6.45) is 12.9. The van der Waals surface area contributed by atoms with Gasteiger partial charge in [-0.2, -0.15) is 5.10 Å². The Morgan fingerprint density at radius 1 is 1.30 bits per heavy atom. The molecule has 0 unspecified atom stereocenters. The maximum absolute atomic E-state index is 5.93. The van der Waals surface area contributed by atoms with Crippen LogP contribution in [-0.4, -0.2) is 48.6 Å². The predicted molar refractivity (Wildman–Crippen MR) is 93.7 cm³/mol. The minimum absolute atomic E-state index is 0.501. The van der Waals surface area contributed by atoms with Gasteiger partial charge in [-0.25, -0.2) is 0 Å². The number of aromatic nitrogens is 2. The van der Waals surface area contributed by atoms with E-state index >= 15 is 0 Å². The highest BCUT2D eigenvalue weighted by atomic mass is 16.5. The lowest BCUT2D eigenvalue weighted by Gasteiger charge is -2.22. The smallest absolute Gasteiger partial charge is 0.190 e. The Hall–Kier alpha value is -1.56. The van der Waals surface area contributed by atoms with E-state index in [4.69, 9.17) is 4.74 Å². The molecule has 1 aromatic rings. The second kappa shape index (κ2) is 10.3. The van der Waals surface area contributed by atoms with E-state index in [1.807, 2.05) is 24.1 Å². The van der Waals surface area contributed by atoms with Crippen molar-refractivity contribution in [1.29, 1.82) is 0 Å². The molecule has 0 saturated heterocycles. The van der Waals surface area contributed by atoms with Crippen LogP contribution in [0.15, 0.2) is 17.4 Å². The van der Waals surface area contributed by atoms with E-state index in [1.54, 1.807) is 7.05 Å². The fourth-order valence-corrected chi connectivity index (χ4v) is 2.91. The van der Waals surface area contributed by atoms with Crippen LogP contribution in [0.1, 0.15) is 44.1 Å². The van der Waals surface area contributed by atoms with E-state index in [9.17, 15) is 0 Å². The van der Waals surface area contributed by atoms with Crippen LogP contribution in [0.5, 0.6) is 0 Å². The molecule has 1 fully saturated rings. The molecule has 1 aromatic heterocycles. The molecule has 0 bridgehead atoms. The molecule has 0 spiro atoms. The fraction of sp³-hybridized carbons (Fsp3) is 0.765. The minimum atomic E-state index is 0.501. The molecule has 0 aromatic carbocycles. The summed E-state index contributed by atoms with van der Waals surface area (Å²) in [5.41, 5.74) is 1.23. The number of ether oxygens (including phenoxy) is 1. The van der Waals surface area contributed by atoms with Crippen LogP contribution in [0, 0.1) is 0 Å². The van der Waals surface area contributed by atoms with Gasteiger partial charge in [-0.1, -0.05) is 19.3 Å². The van der Waals surface area contributed by atoms with Gasteiger partial charge in [0.1, 0.15) is 0 Å².